The van der Waals surface area contributed by atoms with E-state index in [2.05, 4.69) is 11.1 Å². The summed E-state index contributed by atoms with van der Waals surface area (Å²) >= 11 is 0. The van der Waals surface area contributed by atoms with Gasteiger partial charge in [-0.2, -0.15) is 0 Å². The Morgan fingerprint density at radius 1 is 1.00 bits per heavy atom. The van der Waals surface area contributed by atoms with Crippen LogP contribution in [0, 0.1) is 36.0 Å². The van der Waals surface area contributed by atoms with E-state index in [0.717, 1.165) is 0 Å². The highest BCUT2D eigenvalue weighted by Crippen LogP contribution is 2.50. The average Bonchev–Trinajstić information content (AvgIpc) is 3.16. The fraction of sp³-hybridized carbons (Fsp3) is 0.414. The molecule has 5 rings (SSSR count). The maximum absolute atomic E-state index is 13.7. The summed E-state index contributed by atoms with van der Waals surface area (Å²) in [4.78, 5) is 33.9. The molecular formula is C29H30N2O6. The van der Waals surface area contributed by atoms with Crippen molar-refractivity contribution in [1.82, 2.24) is 0 Å². The molecule has 0 radical (unpaired) electrons. The van der Waals surface area contributed by atoms with Gasteiger partial charge in [0.15, 0.2) is 0 Å². The van der Waals surface area contributed by atoms with Crippen molar-refractivity contribution >= 4 is 23.2 Å². The summed E-state index contributed by atoms with van der Waals surface area (Å²) in [7, 11) is 0. The molecule has 0 bridgehead atoms. The molecular weight excluding hydrogens is 472 g/mol. The van der Waals surface area contributed by atoms with E-state index < -0.39 is 30.0 Å². The molecule has 1 saturated heterocycles. The molecule has 2 aliphatic carbocycles. The van der Waals surface area contributed by atoms with Crippen molar-refractivity contribution in [1.29, 1.82) is 0 Å². The van der Waals surface area contributed by atoms with Gasteiger partial charge in [-0.25, -0.2) is 4.90 Å². The molecule has 6 atom stereocenters. The Morgan fingerprint density at radius 2 is 1.76 bits per heavy atom. The van der Waals surface area contributed by atoms with Gasteiger partial charge in [0.1, 0.15) is 18.1 Å². The number of terminal acetylenes is 1. The van der Waals surface area contributed by atoms with Crippen LogP contribution in [0.15, 0.2) is 59.8 Å². The molecule has 8 heteroatoms. The number of hydrogen-bond acceptors (Lipinski definition) is 7. The number of amides is 2. The summed E-state index contributed by atoms with van der Waals surface area (Å²) in [5, 5.41) is 25.9. The average molecular weight is 503 g/mol. The lowest BCUT2D eigenvalue weighted by Crippen LogP contribution is -2.54. The molecule has 1 heterocycles. The number of benzene rings is 2. The van der Waals surface area contributed by atoms with Crippen molar-refractivity contribution in [2.45, 2.75) is 44.3 Å². The van der Waals surface area contributed by atoms with Gasteiger partial charge in [-0.15, -0.1) is 12.3 Å². The van der Waals surface area contributed by atoms with Crippen LogP contribution in [-0.4, -0.2) is 46.6 Å². The number of aliphatic hydroxyl groups is 2. The second-order valence-electron chi connectivity index (χ2n) is 9.80. The molecule has 0 spiro atoms. The van der Waals surface area contributed by atoms with Crippen LogP contribution in [-0.2, 0) is 14.4 Å². The number of para-hydroxylation sites is 1. The predicted octanol–water partition coefficient (Wildman–Crippen LogP) is 3.52. The van der Waals surface area contributed by atoms with Crippen molar-refractivity contribution in [2.75, 3.05) is 11.5 Å². The third kappa shape index (κ3) is 4.85. The number of nitrogens with zero attached hydrogens (tertiary/aromatic N) is 2. The van der Waals surface area contributed by atoms with Gasteiger partial charge in [-0.1, -0.05) is 29.4 Å². The Labute approximate surface area is 215 Å². The maximum Gasteiger partial charge on any atom is 0.238 e. The third-order valence-electron chi connectivity index (χ3n) is 7.57. The number of imide groups is 1. The fourth-order valence-corrected chi connectivity index (χ4v) is 5.91. The van der Waals surface area contributed by atoms with Crippen LogP contribution in [0.1, 0.15) is 32.1 Å². The zero-order valence-electron chi connectivity index (χ0n) is 20.4. The van der Waals surface area contributed by atoms with Gasteiger partial charge in [0.05, 0.1) is 35.4 Å². The summed E-state index contributed by atoms with van der Waals surface area (Å²) in [5.74, 6) is 0.839. The first-order valence-electron chi connectivity index (χ1n) is 12.7. The lowest BCUT2D eigenvalue weighted by molar-refractivity contribution is -0.132. The number of fused-ring (bicyclic) bond motifs is 3. The van der Waals surface area contributed by atoms with Gasteiger partial charge < -0.3 is 19.8 Å². The number of carbonyl (C=O) groups excluding carboxylic acids is 2. The summed E-state index contributed by atoms with van der Waals surface area (Å²) in [5.41, 5.74) is 1.05. The van der Waals surface area contributed by atoms with Crippen LogP contribution in [0.2, 0.25) is 0 Å². The molecule has 2 amide bonds. The van der Waals surface area contributed by atoms with Crippen LogP contribution < -0.4 is 9.64 Å². The van der Waals surface area contributed by atoms with Crippen molar-refractivity contribution < 1.29 is 29.4 Å². The van der Waals surface area contributed by atoms with E-state index in [0.29, 0.717) is 55.2 Å². The molecule has 2 saturated carbocycles. The van der Waals surface area contributed by atoms with Gasteiger partial charge in [0.25, 0.3) is 0 Å². The molecule has 2 N–H and O–H groups in total. The zero-order chi connectivity index (χ0) is 25.9. The van der Waals surface area contributed by atoms with Gasteiger partial charge in [-0.3, -0.25) is 9.59 Å². The van der Waals surface area contributed by atoms with E-state index in [1.54, 1.807) is 24.3 Å². The Kier molecular flexibility index (Phi) is 7.26. The third-order valence-corrected chi connectivity index (χ3v) is 7.57. The Morgan fingerprint density at radius 3 is 2.54 bits per heavy atom. The topological polar surface area (TPSA) is 109 Å². The Hall–Kier alpha value is -3.67. The molecule has 2 aromatic carbocycles. The molecule has 8 nitrogen and oxygen atoms in total. The van der Waals surface area contributed by atoms with Gasteiger partial charge in [0.2, 0.25) is 11.8 Å². The van der Waals surface area contributed by atoms with Crippen LogP contribution in [0.4, 0.5) is 5.69 Å². The number of carbonyl (C=O) groups is 2. The van der Waals surface area contributed by atoms with Crippen LogP contribution >= 0.6 is 0 Å². The summed E-state index contributed by atoms with van der Waals surface area (Å²) in [6.45, 7) is 0.350. The minimum Gasteiger partial charge on any atom is -0.457 e. The summed E-state index contributed by atoms with van der Waals surface area (Å²) in [6.07, 6.45) is 5.51. The van der Waals surface area contributed by atoms with Gasteiger partial charge in [0, 0.05) is 30.7 Å². The highest BCUT2D eigenvalue weighted by atomic mass is 16.6. The highest BCUT2D eigenvalue weighted by molar-refractivity contribution is 6.22. The number of hydrogen-bond donors (Lipinski definition) is 2. The van der Waals surface area contributed by atoms with Crippen molar-refractivity contribution in [2.24, 2.45) is 28.8 Å². The van der Waals surface area contributed by atoms with Crippen molar-refractivity contribution in [3.05, 3.63) is 54.6 Å². The zero-order valence-corrected chi connectivity index (χ0v) is 20.4. The van der Waals surface area contributed by atoms with Crippen molar-refractivity contribution in [3.8, 4) is 23.8 Å². The second kappa shape index (κ2) is 10.8. The smallest absolute Gasteiger partial charge is 0.238 e. The second-order valence-corrected chi connectivity index (χ2v) is 9.80. The molecule has 3 fully saturated rings. The lowest BCUT2D eigenvalue weighted by Gasteiger charge is -2.45. The molecule has 0 unspecified atom stereocenters. The first kappa shape index (κ1) is 25.0. The normalized spacial score (nSPS) is 30.0. The van der Waals surface area contributed by atoms with E-state index in [1.807, 2.05) is 30.3 Å². The molecule has 37 heavy (non-hydrogen) atoms. The van der Waals surface area contributed by atoms with E-state index in [9.17, 15) is 19.8 Å². The number of rotatable bonds is 7. The molecule has 3 aliphatic rings. The number of anilines is 1. The SMILES string of the molecule is C#CCCCON=C1C[C@@H](O)[C@@H](O)[C@@H]2[C@@H]3C(=O)N(c4cccc(Oc5ccccc5)c4)C(=O)[C@@H]3CC[C@@H]12. The van der Waals surface area contributed by atoms with Crippen molar-refractivity contribution in [3.63, 3.8) is 0 Å². The predicted molar refractivity (Wildman–Crippen MR) is 137 cm³/mol. The standard InChI is InChI=1S/C29H30N2O6/c1-2-3-7-15-36-30-23-17-24(32)27(33)25-21(23)13-14-22-26(25)29(35)31(28(22)34)18-9-8-12-20(16-18)37-19-10-5-4-6-11-19/h1,4-6,8-12,16,21-22,24-27,32-33H,3,7,13-15,17H2/t21-,22+,24+,25-,26+,27+/m0/s1. The van der Waals surface area contributed by atoms with E-state index in [1.165, 1.54) is 4.90 Å². The van der Waals surface area contributed by atoms with E-state index in [4.69, 9.17) is 16.0 Å². The molecule has 0 aromatic heterocycles. The molecule has 2 aromatic rings. The molecule has 192 valence electrons. The number of ether oxygens (including phenoxy) is 1. The number of unbranched alkanes of at least 4 members (excludes halogenated alkanes) is 1. The minimum atomic E-state index is -1.14. The quantitative estimate of drug-likeness (QED) is 0.260. The first-order valence-corrected chi connectivity index (χ1v) is 12.7. The fourth-order valence-electron chi connectivity index (χ4n) is 5.91. The number of oxime groups is 1. The van der Waals surface area contributed by atoms with Gasteiger partial charge in [-0.05, 0) is 43.5 Å². The molecule has 1 aliphatic heterocycles. The Balaban J connectivity index is 1.39. The maximum atomic E-state index is 13.7. The number of aliphatic hydroxyl groups excluding tert-OH is 2. The van der Waals surface area contributed by atoms with Crippen LogP contribution in [0.5, 0.6) is 11.5 Å². The summed E-state index contributed by atoms with van der Waals surface area (Å²) < 4.78 is 5.90. The van der Waals surface area contributed by atoms with Crippen LogP contribution in [0.3, 0.4) is 0 Å². The monoisotopic (exact) mass is 502 g/mol. The largest absolute Gasteiger partial charge is 0.457 e. The Bertz CT molecular complexity index is 1220. The first-order chi connectivity index (χ1) is 18.0. The van der Waals surface area contributed by atoms with Crippen LogP contribution in [0.25, 0.3) is 0 Å². The highest BCUT2D eigenvalue weighted by Gasteiger charge is 2.60. The van der Waals surface area contributed by atoms with E-state index >= 15 is 0 Å². The summed E-state index contributed by atoms with van der Waals surface area (Å²) in [6, 6.07) is 16.1. The lowest BCUT2D eigenvalue weighted by atomic mass is 9.60. The minimum absolute atomic E-state index is 0.166. The van der Waals surface area contributed by atoms with Gasteiger partial charge >= 0.3 is 0 Å². The van der Waals surface area contributed by atoms with E-state index in [-0.39, 0.29) is 24.2 Å².